The maximum Gasteiger partial charge on any atom is 0.258 e. The largest absolute Gasteiger partial charge is 0.334 e. The lowest BCUT2D eigenvalue weighted by Gasteiger charge is -2.38. The van der Waals surface area contributed by atoms with Gasteiger partial charge in [0, 0.05) is 36.2 Å². The highest BCUT2D eigenvalue weighted by Gasteiger charge is 2.36. The van der Waals surface area contributed by atoms with Crippen molar-refractivity contribution in [1.29, 1.82) is 0 Å². The summed E-state index contributed by atoms with van der Waals surface area (Å²) in [7, 11) is 0. The number of benzene rings is 3. The van der Waals surface area contributed by atoms with Crippen molar-refractivity contribution in [2.45, 2.75) is 38.9 Å². The standard InChI is InChI=1S/C28H25N3O2/c1-18-11-22(9-10-26(18)20-5-3-2-4-6-20)28-29-27(30-33-28)21-7-8-23-15-31(16-24(23)14-21)25-12-19(13-25)17-32/h2-11,14,17,19,25H,12-13,15-16H2,1H3. The van der Waals surface area contributed by atoms with Crippen molar-refractivity contribution in [3.8, 4) is 34.0 Å². The van der Waals surface area contributed by atoms with E-state index in [-0.39, 0.29) is 5.92 Å². The minimum Gasteiger partial charge on any atom is -0.334 e. The molecular weight excluding hydrogens is 410 g/mol. The number of carbonyl (C=O) groups excluding carboxylic acids is 1. The summed E-state index contributed by atoms with van der Waals surface area (Å²) in [6.45, 7) is 3.98. The molecule has 6 rings (SSSR count). The second-order valence-corrected chi connectivity index (χ2v) is 9.23. The predicted molar refractivity (Wildman–Crippen MR) is 127 cm³/mol. The van der Waals surface area contributed by atoms with Crippen LogP contribution >= 0.6 is 0 Å². The van der Waals surface area contributed by atoms with Crippen molar-refractivity contribution < 1.29 is 9.32 Å². The van der Waals surface area contributed by atoms with Crippen LogP contribution < -0.4 is 0 Å². The van der Waals surface area contributed by atoms with Gasteiger partial charge in [0.05, 0.1) is 0 Å². The molecule has 1 aliphatic heterocycles. The molecule has 0 saturated heterocycles. The summed E-state index contributed by atoms with van der Waals surface area (Å²) >= 11 is 0. The third-order valence-electron chi connectivity index (χ3n) is 7.05. The van der Waals surface area contributed by atoms with Gasteiger partial charge in [-0.2, -0.15) is 4.98 Å². The number of carbonyl (C=O) groups is 1. The van der Waals surface area contributed by atoms with Gasteiger partial charge in [-0.3, -0.25) is 4.90 Å². The van der Waals surface area contributed by atoms with Crippen LogP contribution in [0, 0.1) is 12.8 Å². The van der Waals surface area contributed by atoms with Gasteiger partial charge in [-0.25, -0.2) is 0 Å². The van der Waals surface area contributed by atoms with E-state index in [2.05, 4.69) is 71.6 Å². The van der Waals surface area contributed by atoms with E-state index in [9.17, 15) is 4.79 Å². The smallest absolute Gasteiger partial charge is 0.258 e. The summed E-state index contributed by atoms with van der Waals surface area (Å²) in [6.07, 6.45) is 3.07. The summed E-state index contributed by atoms with van der Waals surface area (Å²) in [4.78, 5) is 18.1. The molecule has 1 aliphatic carbocycles. The van der Waals surface area contributed by atoms with E-state index in [4.69, 9.17) is 9.51 Å². The van der Waals surface area contributed by atoms with Crippen molar-refractivity contribution in [1.82, 2.24) is 15.0 Å². The lowest BCUT2D eigenvalue weighted by Crippen LogP contribution is -2.42. The van der Waals surface area contributed by atoms with Crippen molar-refractivity contribution in [3.63, 3.8) is 0 Å². The van der Waals surface area contributed by atoms with E-state index >= 15 is 0 Å². The predicted octanol–water partition coefficient (Wildman–Crippen LogP) is 5.67. The first-order valence-electron chi connectivity index (χ1n) is 11.5. The van der Waals surface area contributed by atoms with E-state index in [1.54, 1.807) is 0 Å². The average Bonchev–Trinajstić information content (AvgIpc) is 3.46. The molecule has 4 aromatic rings. The molecule has 5 nitrogen and oxygen atoms in total. The first-order chi connectivity index (χ1) is 16.2. The van der Waals surface area contributed by atoms with Crippen LogP contribution in [0.2, 0.25) is 0 Å². The molecule has 33 heavy (non-hydrogen) atoms. The molecule has 0 radical (unpaired) electrons. The van der Waals surface area contributed by atoms with Crippen LogP contribution in [0.3, 0.4) is 0 Å². The lowest BCUT2D eigenvalue weighted by atomic mass is 9.80. The normalized spacial score (nSPS) is 19.8. The Morgan fingerprint density at radius 2 is 1.70 bits per heavy atom. The molecule has 2 heterocycles. The minimum atomic E-state index is 0.248. The van der Waals surface area contributed by atoms with Crippen LogP contribution in [0.25, 0.3) is 34.0 Å². The Balaban J connectivity index is 1.21. The van der Waals surface area contributed by atoms with Crippen molar-refractivity contribution in [3.05, 3.63) is 83.4 Å². The molecule has 1 fully saturated rings. The zero-order chi connectivity index (χ0) is 22.4. The Hall–Kier alpha value is -3.57. The molecule has 3 aromatic carbocycles. The minimum absolute atomic E-state index is 0.248. The summed E-state index contributed by atoms with van der Waals surface area (Å²) in [5.74, 6) is 1.39. The highest BCUT2D eigenvalue weighted by molar-refractivity contribution is 5.71. The number of aldehydes is 1. The third kappa shape index (κ3) is 3.68. The zero-order valence-electron chi connectivity index (χ0n) is 18.6. The third-order valence-corrected chi connectivity index (χ3v) is 7.05. The molecule has 164 valence electrons. The summed E-state index contributed by atoms with van der Waals surface area (Å²) in [5.41, 5.74) is 8.14. The topological polar surface area (TPSA) is 59.2 Å². The van der Waals surface area contributed by atoms with Crippen molar-refractivity contribution >= 4 is 6.29 Å². The lowest BCUT2D eigenvalue weighted by molar-refractivity contribution is -0.115. The van der Waals surface area contributed by atoms with Crippen LogP contribution in [0.15, 0.2) is 71.3 Å². The number of rotatable bonds is 5. The van der Waals surface area contributed by atoms with Crippen molar-refractivity contribution in [2.75, 3.05) is 0 Å². The van der Waals surface area contributed by atoms with Gasteiger partial charge in [0.2, 0.25) is 5.82 Å². The van der Waals surface area contributed by atoms with Gasteiger partial charge in [0.1, 0.15) is 6.29 Å². The molecular formula is C28H25N3O2. The Kier molecular flexibility index (Phi) is 4.92. The molecule has 1 saturated carbocycles. The average molecular weight is 436 g/mol. The molecule has 5 heteroatoms. The molecule has 0 bridgehead atoms. The van der Waals surface area contributed by atoms with Gasteiger partial charge in [-0.1, -0.05) is 53.7 Å². The van der Waals surface area contributed by atoms with E-state index in [1.165, 1.54) is 27.8 Å². The van der Waals surface area contributed by atoms with Gasteiger partial charge < -0.3 is 9.32 Å². The maximum atomic E-state index is 10.9. The number of hydrogen-bond donors (Lipinski definition) is 0. The first-order valence-corrected chi connectivity index (χ1v) is 11.5. The van der Waals surface area contributed by atoms with Crippen molar-refractivity contribution in [2.24, 2.45) is 5.92 Å². The monoisotopic (exact) mass is 435 g/mol. The number of hydrogen-bond acceptors (Lipinski definition) is 5. The maximum absolute atomic E-state index is 10.9. The van der Waals surface area contributed by atoms with E-state index in [0.717, 1.165) is 43.3 Å². The van der Waals surface area contributed by atoms with Crippen LogP contribution in [-0.2, 0) is 17.9 Å². The first kappa shape index (κ1) is 20.1. The number of aromatic nitrogens is 2. The summed E-state index contributed by atoms with van der Waals surface area (Å²) < 4.78 is 5.63. The highest BCUT2D eigenvalue weighted by Crippen LogP contribution is 2.37. The number of nitrogens with zero attached hydrogens (tertiary/aromatic N) is 3. The highest BCUT2D eigenvalue weighted by atomic mass is 16.5. The van der Waals surface area contributed by atoms with Gasteiger partial charge >= 0.3 is 0 Å². The molecule has 0 atom stereocenters. The number of aryl methyl sites for hydroxylation is 1. The second-order valence-electron chi connectivity index (χ2n) is 9.23. The Labute approximate surface area is 193 Å². The van der Waals surface area contributed by atoms with E-state index < -0.39 is 0 Å². The number of fused-ring (bicyclic) bond motifs is 1. The quantitative estimate of drug-likeness (QED) is 0.378. The fraction of sp³-hybridized carbons (Fsp3) is 0.250. The molecule has 0 N–H and O–H groups in total. The summed E-state index contributed by atoms with van der Waals surface area (Å²) in [6, 6.07) is 23.6. The molecule has 1 aromatic heterocycles. The van der Waals surface area contributed by atoms with Crippen LogP contribution in [-0.4, -0.2) is 27.4 Å². The Bertz CT molecular complexity index is 1320. The fourth-order valence-corrected chi connectivity index (χ4v) is 5.05. The Morgan fingerprint density at radius 1 is 0.909 bits per heavy atom. The van der Waals surface area contributed by atoms with Crippen LogP contribution in [0.5, 0.6) is 0 Å². The van der Waals surface area contributed by atoms with Gasteiger partial charge in [0.25, 0.3) is 5.89 Å². The van der Waals surface area contributed by atoms with E-state index in [0.29, 0.717) is 17.8 Å². The molecule has 0 spiro atoms. The van der Waals surface area contributed by atoms with Crippen LogP contribution in [0.1, 0.15) is 29.5 Å². The molecule has 2 aliphatic rings. The fourth-order valence-electron chi connectivity index (χ4n) is 5.05. The summed E-state index contributed by atoms with van der Waals surface area (Å²) in [5, 5.41) is 4.26. The van der Waals surface area contributed by atoms with Gasteiger partial charge in [0.15, 0.2) is 0 Å². The Morgan fingerprint density at radius 3 is 2.48 bits per heavy atom. The molecule has 0 amide bonds. The van der Waals surface area contributed by atoms with E-state index in [1.807, 2.05) is 12.1 Å². The second kappa shape index (κ2) is 8.09. The van der Waals surface area contributed by atoms with Gasteiger partial charge in [-0.05, 0) is 65.8 Å². The zero-order valence-corrected chi connectivity index (χ0v) is 18.6. The molecule has 0 unspecified atom stereocenters. The van der Waals surface area contributed by atoms with Gasteiger partial charge in [-0.15, -0.1) is 0 Å². The van der Waals surface area contributed by atoms with Crippen LogP contribution in [0.4, 0.5) is 0 Å². The SMILES string of the molecule is Cc1cc(-c2nc(-c3ccc4c(c3)CN(C3CC(C=O)C3)C4)no2)ccc1-c1ccccc1.